The molecule has 0 aromatic heterocycles. The summed E-state index contributed by atoms with van der Waals surface area (Å²) in [7, 11) is 0. The highest BCUT2D eigenvalue weighted by Crippen LogP contribution is 2.25. The third-order valence-electron chi connectivity index (χ3n) is 3.49. The maximum Gasteiger partial charge on any atom is 0.251 e. The first kappa shape index (κ1) is 12.7. The van der Waals surface area contributed by atoms with Gasteiger partial charge in [0.1, 0.15) is 5.75 Å². The van der Waals surface area contributed by atoms with E-state index in [9.17, 15) is 4.79 Å². The first-order chi connectivity index (χ1) is 9.83. The lowest BCUT2D eigenvalue weighted by Crippen LogP contribution is -2.25. The zero-order chi connectivity index (χ0) is 13.8. The maximum absolute atomic E-state index is 11.9. The second kappa shape index (κ2) is 5.78. The Hall–Kier alpha value is -2.29. The van der Waals surface area contributed by atoms with Crippen molar-refractivity contribution >= 4 is 5.91 Å². The smallest absolute Gasteiger partial charge is 0.251 e. The lowest BCUT2D eigenvalue weighted by atomic mass is 10.1. The zero-order valence-corrected chi connectivity index (χ0v) is 11.3. The van der Waals surface area contributed by atoms with Gasteiger partial charge in [-0.1, -0.05) is 30.3 Å². The van der Waals surface area contributed by atoms with Gasteiger partial charge in [0.05, 0.1) is 6.61 Å². The molecule has 0 saturated carbocycles. The predicted molar refractivity (Wildman–Crippen MR) is 78.1 cm³/mol. The fourth-order valence-corrected chi connectivity index (χ4v) is 2.41. The largest absolute Gasteiger partial charge is 0.493 e. The number of nitrogens with one attached hydrogen (secondary N) is 1. The molecule has 1 aliphatic heterocycles. The third kappa shape index (κ3) is 2.82. The molecule has 2 aromatic rings. The zero-order valence-electron chi connectivity index (χ0n) is 11.3. The van der Waals surface area contributed by atoms with Crippen LogP contribution in [0.5, 0.6) is 5.75 Å². The Kier molecular flexibility index (Phi) is 3.68. The molecule has 0 unspecified atom stereocenters. The highest BCUT2D eigenvalue weighted by molar-refractivity contribution is 5.94. The Balaban J connectivity index is 1.54. The second-order valence-electron chi connectivity index (χ2n) is 4.91. The van der Waals surface area contributed by atoms with Crippen molar-refractivity contribution in [3.63, 3.8) is 0 Å². The number of amides is 1. The first-order valence-corrected chi connectivity index (χ1v) is 6.91. The molecule has 3 heteroatoms. The van der Waals surface area contributed by atoms with Gasteiger partial charge in [0.25, 0.3) is 5.91 Å². The normalized spacial score (nSPS) is 12.6. The molecular formula is C17H17NO2. The van der Waals surface area contributed by atoms with Gasteiger partial charge in [-0.25, -0.2) is 0 Å². The van der Waals surface area contributed by atoms with Gasteiger partial charge in [-0.3, -0.25) is 4.79 Å². The molecule has 1 amide bonds. The quantitative estimate of drug-likeness (QED) is 0.924. The molecule has 1 N–H and O–H groups in total. The van der Waals surface area contributed by atoms with Gasteiger partial charge in [0, 0.05) is 18.5 Å². The molecular weight excluding hydrogens is 250 g/mol. The lowest BCUT2D eigenvalue weighted by Gasteiger charge is -2.06. The van der Waals surface area contributed by atoms with Gasteiger partial charge < -0.3 is 10.1 Å². The molecule has 0 bridgehead atoms. The summed E-state index contributed by atoms with van der Waals surface area (Å²) in [4.78, 5) is 11.9. The van der Waals surface area contributed by atoms with Crippen LogP contribution < -0.4 is 10.1 Å². The van der Waals surface area contributed by atoms with Gasteiger partial charge in [0.2, 0.25) is 0 Å². The van der Waals surface area contributed by atoms with E-state index < -0.39 is 0 Å². The minimum Gasteiger partial charge on any atom is -0.493 e. The van der Waals surface area contributed by atoms with Crippen LogP contribution in [-0.2, 0) is 12.8 Å². The van der Waals surface area contributed by atoms with Gasteiger partial charge in [-0.05, 0) is 35.7 Å². The fraction of sp³-hybridized carbons (Fsp3) is 0.235. The summed E-state index contributed by atoms with van der Waals surface area (Å²) in [5.41, 5.74) is 3.22. The van der Waals surface area contributed by atoms with Gasteiger partial charge in [-0.2, -0.15) is 0 Å². The number of ether oxygens (including phenoxy) is 1. The van der Waals surface area contributed by atoms with Crippen LogP contribution in [0.15, 0.2) is 48.5 Å². The summed E-state index contributed by atoms with van der Waals surface area (Å²) >= 11 is 0. The van der Waals surface area contributed by atoms with Crippen molar-refractivity contribution in [2.24, 2.45) is 0 Å². The number of carbonyl (C=O) groups is 1. The second-order valence-corrected chi connectivity index (χ2v) is 4.91. The Morgan fingerprint density at radius 1 is 1.15 bits per heavy atom. The van der Waals surface area contributed by atoms with E-state index in [2.05, 4.69) is 17.4 Å². The number of carbonyl (C=O) groups excluding carboxylic acids is 1. The molecule has 0 fully saturated rings. The van der Waals surface area contributed by atoms with Crippen molar-refractivity contribution in [2.75, 3.05) is 13.2 Å². The van der Waals surface area contributed by atoms with Gasteiger partial charge in [0.15, 0.2) is 0 Å². The molecule has 0 atom stereocenters. The molecule has 0 spiro atoms. The van der Waals surface area contributed by atoms with E-state index in [1.807, 2.05) is 36.4 Å². The van der Waals surface area contributed by atoms with E-state index in [1.54, 1.807) is 0 Å². The van der Waals surface area contributed by atoms with Crippen LogP contribution >= 0.6 is 0 Å². The summed E-state index contributed by atoms with van der Waals surface area (Å²) in [5.74, 6) is 0.983. The first-order valence-electron chi connectivity index (χ1n) is 6.91. The van der Waals surface area contributed by atoms with Crippen molar-refractivity contribution in [3.8, 4) is 5.75 Å². The highest BCUT2D eigenvalue weighted by Gasteiger charge is 2.12. The Labute approximate surface area is 118 Å². The van der Waals surface area contributed by atoms with Gasteiger partial charge >= 0.3 is 0 Å². The van der Waals surface area contributed by atoms with E-state index in [4.69, 9.17) is 4.74 Å². The number of benzene rings is 2. The average molecular weight is 267 g/mol. The van der Waals surface area contributed by atoms with Crippen LogP contribution in [0.25, 0.3) is 0 Å². The minimum absolute atomic E-state index is 0.0184. The van der Waals surface area contributed by atoms with Crippen LogP contribution in [0.1, 0.15) is 21.5 Å². The van der Waals surface area contributed by atoms with Crippen LogP contribution in [0.3, 0.4) is 0 Å². The lowest BCUT2D eigenvalue weighted by molar-refractivity contribution is 0.0954. The number of rotatable bonds is 4. The molecule has 0 aliphatic carbocycles. The van der Waals surface area contributed by atoms with Crippen molar-refractivity contribution in [1.29, 1.82) is 0 Å². The predicted octanol–water partition coefficient (Wildman–Crippen LogP) is 2.59. The summed E-state index contributed by atoms with van der Waals surface area (Å²) < 4.78 is 5.48. The number of fused-ring (bicyclic) bond motifs is 1. The topological polar surface area (TPSA) is 38.3 Å². The molecule has 3 nitrogen and oxygen atoms in total. The molecule has 3 rings (SSSR count). The third-order valence-corrected chi connectivity index (χ3v) is 3.49. The molecule has 102 valence electrons. The SMILES string of the molecule is O=C(NCCc1ccc2c(c1)CCO2)c1ccccc1. The van der Waals surface area contributed by atoms with Crippen LogP contribution in [0.2, 0.25) is 0 Å². The standard InChI is InChI=1S/C17H17NO2/c19-17(14-4-2-1-3-5-14)18-10-8-13-6-7-16-15(12-13)9-11-20-16/h1-7,12H,8-11H2,(H,18,19). The van der Waals surface area contributed by atoms with Crippen molar-refractivity contribution in [1.82, 2.24) is 5.32 Å². The van der Waals surface area contributed by atoms with E-state index in [0.717, 1.165) is 25.2 Å². The van der Waals surface area contributed by atoms with Crippen LogP contribution in [0.4, 0.5) is 0 Å². The molecule has 1 heterocycles. The monoisotopic (exact) mass is 267 g/mol. The summed E-state index contributed by atoms with van der Waals surface area (Å²) in [5, 5.41) is 2.94. The maximum atomic E-state index is 11.9. The number of hydrogen-bond donors (Lipinski definition) is 1. The highest BCUT2D eigenvalue weighted by atomic mass is 16.5. The minimum atomic E-state index is -0.0184. The van der Waals surface area contributed by atoms with Crippen molar-refractivity contribution in [2.45, 2.75) is 12.8 Å². The van der Waals surface area contributed by atoms with Crippen molar-refractivity contribution in [3.05, 3.63) is 65.2 Å². The molecule has 1 aliphatic rings. The van der Waals surface area contributed by atoms with E-state index in [1.165, 1.54) is 11.1 Å². The van der Waals surface area contributed by atoms with E-state index in [0.29, 0.717) is 12.1 Å². The van der Waals surface area contributed by atoms with E-state index >= 15 is 0 Å². The Morgan fingerprint density at radius 2 is 2.00 bits per heavy atom. The van der Waals surface area contributed by atoms with Gasteiger partial charge in [-0.15, -0.1) is 0 Å². The molecule has 2 aromatic carbocycles. The van der Waals surface area contributed by atoms with Crippen molar-refractivity contribution < 1.29 is 9.53 Å². The molecule has 0 radical (unpaired) electrons. The van der Waals surface area contributed by atoms with Crippen LogP contribution in [0, 0.1) is 0 Å². The summed E-state index contributed by atoms with van der Waals surface area (Å²) in [6.45, 7) is 1.43. The molecule has 0 saturated heterocycles. The van der Waals surface area contributed by atoms with Crippen LogP contribution in [-0.4, -0.2) is 19.1 Å². The summed E-state index contributed by atoms with van der Waals surface area (Å²) in [6.07, 6.45) is 1.82. The number of hydrogen-bond acceptors (Lipinski definition) is 2. The average Bonchev–Trinajstić information content (AvgIpc) is 2.95. The Morgan fingerprint density at radius 3 is 2.85 bits per heavy atom. The Bertz CT molecular complexity index is 608. The van der Waals surface area contributed by atoms with E-state index in [-0.39, 0.29) is 5.91 Å². The molecule has 20 heavy (non-hydrogen) atoms. The summed E-state index contributed by atoms with van der Waals surface area (Å²) in [6, 6.07) is 15.6. The fourth-order valence-electron chi connectivity index (χ4n) is 2.41.